The number of para-hydroxylation sites is 1. The minimum Gasteiger partial charge on any atom is -0.456 e. The van der Waals surface area contributed by atoms with Crippen LogP contribution in [0, 0.1) is 6.92 Å². The van der Waals surface area contributed by atoms with Crippen molar-refractivity contribution in [1.82, 2.24) is 19.2 Å². The Morgan fingerprint density at radius 3 is 2.56 bits per heavy atom. The molecule has 2 aromatic heterocycles. The first kappa shape index (κ1) is 30.5. The van der Waals surface area contributed by atoms with Crippen molar-refractivity contribution in [2.45, 2.75) is 38.6 Å². The summed E-state index contributed by atoms with van der Waals surface area (Å²) >= 11 is 0. The number of hydrogen-bond donors (Lipinski definition) is 2. The third-order valence-corrected chi connectivity index (χ3v) is 11.2. The molecule has 4 aromatic rings. The molecule has 13 heteroatoms. The standard InChI is InChI=1S/C30H34N4O7S2/c1-5-31-29(35)25-16-23-24(18-33(4)30(36)27(23)32-25)22-15-21(42(37,38)6-2)11-12-26(22)41-28-19(3)9-7-10-20(28)17-34-13-8-14-43(34,39)40/h7,9-12,15-16,18,32H,5-6,8,13-14,17H2,1-4H3,(H,31,35). The summed E-state index contributed by atoms with van der Waals surface area (Å²) in [6, 6.07) is 11.6. The minimum atomic E-state index is -3.62. The number of H-pyrrole nitrogens is 1. The number of rotatable bonds is 9. The molecule has 0 spiro atoms. The summed E-state index contributed by atoms with van der Waals surface area (Å²) in [5, 5.41) is 3.14. The molecule has 0 atom stereocenters. The molecular weight excluding hydrogens is 592 g/mol. The molecule has 228 valence electrons. The second kappa shape index (κ2) is 11.6. The van der Waals surface area contributed by atoms with Crippen molar-refractivity contribution in [2.75, 3.05) is 24.6 Å². The number of carbonyl (C=O) groups excluding carboxylic acids is 1. The van der Waals surface area contributed by atoms with Gasteiger partial charge in [0.15, 0.2) is 9.84 Å². The van der Waals surface area contributed by atoms with E-state index in [9.17, 15) is 26.4 Å². The lowest BCUT2D eigenvalue weighted by Gasteiger charge is -2.20. The summed E-state index contributed by atoms with van der Waals surface area (Å²) in [4.78, 5) is 28.7. The van der Waals surface area contributed by atoms with Gasteiger partial charge in [0.2, 0.25) is 10.0 Å². The predicted molar refractivity (Wildman–Crippen MR) is 165 cm³/mol. The molecule has 0 bridgehead atoms. The van der Waals surface area contributed by atoms with E-state index in [1.54, 1.807) is 45.3 Å². The van der Waals surface area contributed by atoms with Crippen molar-refractivity contribution < 1.29 is 26.4 Å². The first-order valence-electron chi connectivity index (χ1n) is 14.0. The number of carbonyl (C=O) groups is 1. The highest BCUT2D eigenvalue weighted by Crippen LogP contribution is 2.40. The van der Waals surface area contributed by atoms with E-state index in [4.69, 9.17) is 4.74 Å². The van der Waals surface area contributed by atoms with Crippen LogP contribution in [0.1, 0.15) is 41.9 Å². The topological polar surface area (TPSA) is 148 Å². The maximum atomic E-state index is 13.1. The number of aromatic amines is 1. The zero-order valence-corrected chi connectivity index (χ0v) is 26.1. The van der Waals surface area contributed by atoms with E-state index >= 15 is 0 Å². The van der Waals surface area contributed by atoms with Gasteiger partial charge in [-0.15, -0.1) is 0 Å². The molecule has 0 unspecified atom stereocenters. The van der Waals surface area contributed by atoms with Crippen LogP contribution in [0.2, 0.25) is 0 Å². The summed E-state index contributed by atoms with van der Waals surface area (Å²) in [6.45, 7) is 6.14. The second-order valence-electron chi connectivity index (χ2n) is 10.5. The Balaban J connectivity index is 1.71. The maximum Gasteiger partial charge on any atom is 0.274 e. The predicted octanol–water partition coefficient (Wildman–Crippen LogP) is 3.71. The average molecular weight is 627 g/mol. The SMILES string of the molecule is CCNC(=O)c1cc2c(-c3cc(S(=O)(=O)CC)ccc3Oc3c(C)cccc3CN3CCCS3(=O)=O)cn(C)c(=O)c2[nH]1. The van der Waals surface area contributed by atoms with Crippen LogP contribution in [-0.4, -0.2) is 61.2 Å². The number of nitrogens with zero attached hydrogens (tertiary/aromatic N) is 2. The summed E-state index contributed by atoms with van der Waals surface area (Å²) < 4.78 is 60.3. The van der Waals surface area contributed by atoms with Crippen LogP contribution in [0.3, 0.4) is 0 Å². The number of amides is 1. The van der Waals surface area contributed by atoms with Crippen LogP contribution < -0.4 is 15.6 Å². The Morgan fingerprint density at radius 2 is 1.88 bits per heavy atom. The molecular formula is C30H34N4O7S2. The number of fused-ring (bicyclic) bond motifs is 1. The van der Waals surface area contributed by atoms with E-state index in [1.165, 1.54) is 21.0 Å². The van der Waals surface area contributed by atoms with E-state index < -0.39 is 19.9 Å². The van der Waals surface area contributed by atoms with Crippen molar-refractivity contribution in [3.8, 4) is 22.6 Å². The van der Waals surface area contributed by atoms with E-state index in [1.807, 2.05) is 19.1 Å². The van der Waals surface area contributed by atoms with Gasteiger partial charge >= 0.3 is 0 Å². The Bertz CT molecular complexity index is 2010. The Hall–Kier alpha value is -3.94. The van der Waals surface area contributed by atoms with E-state index in [0.717, 1.165) is 5.56 Å². The third kappa shape index (κ3) is 5.84. The Kier molecular flexibility index (Phi) is 8.25. The van der Waals surface area contributed by atoms with Gasteiger partial charge < -0.3 is 19.6 Å². The van der Waals surface area contributed by atoms with Crippen molar-refractivity contribution in [3.05, 3.63) is 75.8 Å². The fourth-order valence-corrected chi connectivity index (χ4v) is 7.65. The Labute approximate surface area is 250 Å². The van der Waals surface area contributed by atoms with Gasteiger partial charge in [-0.25, -0.2) is 16.8 Å². The highest BCUT2D eigenvalue weighted by atomic mass is 32.2. The zero-order chi connectivity index (χ0) is 31.1. The molecule has 3 heterocycles. The fourth-order valence-electron chi connectivity index (χ4n) is 5.25. The molecule has 1 aliphatic heterocycles. The van der Waals surface area contributed by atoms with Crippen LogP contribution in [0.25, 0.3) is 22.0 Å². The number of sulfonamides is 1. The summed E-state index contributed by atoms with van der Waals surface area (Å²) in [6.07, 6.45) is 2.14. The molecule has 43 heavy (non-hydrogen) atoms. The molecule has 0 radical (unpaired) electrons. The van der Waals surface area contributed by atoms with Crippen molar-refractivity contribution in [1.29, 1.82) is 0 Å². The molecule has 1 amide bonds. The van der Waals surface area contributed by atoms with Gasteiger partial charge in [-0.2, -0.15) is 4.31 Å². The Morgan fingerprint density at radius 1 is 1.12 bits per heavy atom. The number of aryl methyl sites for hydroxylation is 2. The summed E-state index contributed by atoms with van der Waals surface area (Å²) in [7, 11) is -5.41. The number of ether oxygens (including phenoxy) is 1. The number of nitrogens with one attached hydrogen (secondary N) is 2. The van der Waals surface area contributed by atoms with E-state index in [0.29, 0.717) is 53.1 Å². The van der Waals surface area contributed by atoms with Gasteiger partial charge in [-0.3, -0.25) is 9.59 Å². The minimum absolute atomic E-state index is 0.0759. The average Bonchev–Trinajstić information content (AvgIpc) is 3.56. The van der Waals surface area contributed by atoms with Crippen molar-refractivity contribution in [2.24, 2.45) is 7.05 Å². The normalized spacial score (nSPS) is 15.2. The fraction of sp³-hybridized carbons (Fsp3) is 0.333. The van der Waals surface area contributed by atoms with Gasteiger partial charge in [0, 0.05) is 55.0 Å². The second-order valence-corrected chi connectivity index (χ2v) is 14.9. The summed E-state index contributed by atoms with van der Waals surface area (Å²) in [5.41, 5.74) is 2.30. The molecule has 0 saturated carbocycles. The van der Waals surface area contributed by atoms with Crippen molar-refractivity contribution >= 4 is 36.7 Å². The summed E-state index contributed by atoms with van der Waals surface area (Å²) in [5.74, 6) is 0.356. The van der Waals surface area contributed by atoms with Crippen LogP contribution in [-0.2, 0) is 33.5 Å². The molecule has 1 saturated heterocycles. The van der Waals surface area contributed by atoms with Crippen LogP contribution in [0.5, 0.6) is 11.5 Å². The molecule has 1 fully saturated rings. The third-order valence-electron chi connectivity index (χ3n) is 7.58. The highest BCUT2D eigenvalue weighted by Gasteiger charge is 2.29. The maximum absolute atomic E-state index is 13.1. The molecule has 5 rings (SSSR count). The molecule has 2 aromatic carbocycles. The lowest BCUT2D eigenvalue weighted by Crippen LogP contribution is -2.25. The first-order valence-corrected chi connectivity index (χ1v) is 17.2. The van der Waals surface area contributed by atoms with Gasteiger partial charge in [-0.05, 0) is 50.1 Å². The lowest BCUT2D eigenvalue weighted by molar-refractivity contribution is 0.0951. The van der Waals surface area contributed by atoms with Crippen LogP contribution in [0.4, 0.5) is 0 Å². The smallest absolute Gasteiger partial charge is 0.274 e. The number of hydrogen-bond acceptors (Lipinski definition) is 7. The number of sulfone groups is 1. The highest BCUT2D eigenvalue weighted by molar-refractivity contribution is 7.91. The van der Waals surface area contributed by atoms with Crippen molar-refractivity contribution in [3.63, 3.8) is 0 Å². The molecule has 1 aliphatic rings. The zero-order valence-electron chi connectivity index (χ0n) is 24.4. The first-order chi connectivity index (χ1) is 20.4. The number of pyridine rings is 1. The van der Waals surface area contributed by atoms with Gasteiger partial charge in [0.1, 0.15) is 22.7 Å². The van der Waals surface area contributed by atoms with Gasteiger partial charge in [0.05, 0.1) is 16.4 Å². The number of benzene rings is 2. The quantitative estimate of drug-likeness (QED) is 0.288. The van der Waals surface area contributed by atoms with Crippen LogP contribution in [0.15, 0.2) is 58.4 Å². The molecule has 0 aliphatic carbocycles. The number of aromatic nitrogens is 2. The molecule has 2 N–H and O–H groups in total. The van der Waals surface area contributed by atoms with E-state index in [2.05, 4.69) is 10.3 Å². The molecule has 11 nitrogen and oxygen atoms in total. The van der Waals surface area contributed by atoms with Crippen LogP contribution >= 0.6 is 0 Å². The van der Waals surface area contributed by atoms with Gasteiger partial charge in [0.25, 0.3) is 11.5 Å². The monoisotopic (exact) mass is 626 g/mol. The largest absolute Gasteiger partial charge is 0.456 e. The van der Waals surface area contributed by atoms with E-state index in [-0.39, 0.29) is 45.6 Å². The lowest BCUT2D eigenvalue weighted by atomic mass is 10.0. The van der Waals surface area contributed by atoms with Gasteiger partial charge in [-0.1, -0.05) is 25.1 Å².